The normalized spacial score (nSPS) is 16.7. The average Bonchev–Trinajstić information content (AvgIpc) is 3.15. The van der Waals surface area contributed by atoms with Crippen LogP contribution in [0, 0.1) is 0 Å². The second-order valence-corrected chi connectivity index (χ2v) is 10.1. The van der Waals surface area contributed by atoms with Crippen LogP contribution in [0.25, 0.3) is 22.2 Å². The van der Waals surface area contributed by atoms with E-state index in [9.17, 15) is 13.2 Å². The van der Waals surface area contributed by atoms with Crippen LogP contribution in [0.1, 0.15) is 38.1 Å². The van der Waals surface area contributed by atoms with Crippen molar-refractivity contribution in [2.45, 2.75) is 50.6 Å². The fourth-order valence-corrected chi connectivity index (χ4v) is 5.34. The molecule has 0 amide bonds. The maximum atomic E-state index is 12.6. The van der Waals surface area contributed by atoms with Crippen LogP contribution < -0.4 is 20.5 Å². The molecule has 9 heteroatoms. The lowest BCUT2D eigenvalue weighted by Gasteiger charge is -2.30. The van der Waals surface area contributed by atoms with E-state index in [1.165, 1.54) is 24.6 Å². The van der Waals surface area contributed by atoms with Gasteiger partial charge in [0.05, 0.1) is 30.1 Å². The molecular formula is C30H30F3N3O3. The number of benzene rings is 3. The van der Waals surface area contributed by atoms with Crippen molar-refractivity contribution in [1.29, 1.82) is 0 Å². The van der Waals surface area contributed by atoms with E-state index in [1.54, 1.807) is 6.07 Å². The Morgan fingerprint density at radius 3 is 2.33 bits per heavy atom. The Balaban J connectivity index is 1.29. The predicted octanol–water partition coefficient (Wildman–Crippen LogP) is 7.82. The van der Waals surface area contributed by atoms with E-state index in [0.29, 0.717) is 11.7 Å². The Bertz CT molecular complexity index is 1460. The first-order chi connectivity index (χ1) is 18.8. The SMILES string of the molecule is Nc1c(-c2ccc(Nc3cccc(OC(F)(F)F)c3)cc2)n(C2CCC2)c2cc(OC3CCOCC3)ccc12. The number of nitrogens with two attached hydrogens (primary N) is 1. The van der Waals surface area contributed by atoms with E-state index in [0.717, 1.165) is 78.2 Å². The molecule has 3 aromatic carbocycles. The van der Waals surface area contributed by atoms with Crippen LogP contribution in [-0.4, -0.2) is 30.2 Å². The van der Waals surface area contributed by atoms with Crippen LogP contribution >= 0.6 is 0 Å². The molecule has 39 heavy (non-hydrogen) atoms. The lowest BCUT2D eigenvalue weighted by Crippen LogP contribution is -2.25. The molecule has 0 unspecified atom stereocenters. The molecule has 6 rings (SSSR count). The number of nitrogens with one attached hydrogen (secondary N) is 1. The third-order valence-corrected chi connectivity index (χ3v) is 7.44. The number of hydrogen-bond donors (Lipinski definition) is 2. The van der Waals surface area contributed by atoms with Gasteiger partial charge in [0.15, 0.2) is 0 Å². The molecule has 4 aromatic rings. The standard InChI is InChI=1S/C30H30F3N3O3/c31-30(32,33)39-25-6-1-3-21(17-25)35-20-9-7-19(8-10-20)29-28(34)26-12-11-24(38-23-13-15-37-16-14-23)18-27(26)36(29)22-4-2-5-22/h1,3,6-12,17-18,22-23,35H,2,4-5,13-16,34H2. The molecule has 2 heterocycles. The van der Waals surface area contributed by atoms with Crippen molar-refractivity contribution in [3.63, 3.8) is 0 Å². The van der Waals surface area contributed by atoms with E-state index in [4.69, 9.17) is 15.2 Å². The van der Waals surface area contributed by atoms with Crippen LogP contribution in [0.15, 0.2) is 66.7 Å². The van der Waals surface area contributed by atoms with Gasteiger partial charge in [-0.05, 0) is 55.7 Å². The number of hydrogen-bond acceptors (Lipinski definition) is 5. The highest BCUT2D eigenvalue weighted by Crippen LogP contribution is 2.45. The summed E-state index contributed by atoms with van der Waals surface area (Å²) in [6.07, 6.45) is 0.554. The zero-order valence-electron chi connectivity index (χ0n) is 21.3. The minimum absolute atomic E-state index is 0.154. The maximum absolute atomic E-state index is 12.6. The van der Waals surface area contributed by atoms with Crippen molar-refractivity contribution in [3.05, 3.63) is 66.7 Å². The van der Waals surface area contributed by atoms with Gasteiger partial charge in [0.25, 0.3) is 0 Å². The van der Waals surface area contributed by atoms with Crippen LogP contribution in [-0.2, 0) is 4.74 Å². The number of anilines is 3. The van der Waals surface area contributed by atoms with Gasteiger partial charge < -0.3 is 29.8 Å². The topological polar surface area (TPSA) is 70.7 Å². The molecule has 0 spiro atoms. The summed E-state index contributed by atoms with van der Waals surface area (Å²) in [5.74, 6) is 0.567. The van der Waals surface area contributed by atoms with Gasteiger partial charge in [-0.1, -0.05) is 18.2 Å². The van der Waals surface area contributed by atoms with Crippen molar-refractivity contribution in [1.82, 2.24) is 4.57 Å². The maximum Gasteiger partial charge on any atom is 0.573 e. The molecule has 2 fully saturated rings. The van der Waals surface area contributed by atoms with Gasteiger partial charge in [-0.25, -0.2) is 0 Å². The van der Waals surface area contributed by atoms with E-state index in [-0.39, 0.29) is 11.9 Å². The van der Waals surface area contributed by atoms with Gasteiger partial charge in [-0.3, -0.25) is 0 Å². The minimum Gasteiger partial charge on any atom is -0.490 e. The number of aromatic nitrogens is 1. The number of halogens is 3. The number of nitrogen functional groups attached to an aromatic ring is 1. The fraction of sp³-hybridized carbons (Fsp3) is 0.333. The summed E-state index contributed by atoms with van der Waals surface area (Å²) in [6, 6.07) is 20.0. The highest BCUT2D eigenvalue weighted by Gasteiger charge is 2.31. The molecule has 3 N–H and O–H groups in total. The van der Waals surface area contributed by atoms with Crippen molar-refractivity contribution in [3.8, 4) is 22.8 Å². The Kier molecular flexibility index (Phi) is 6.76. The highest BCUT2D eigenvalue weighted by atomic mass is 19.4. The number of ether oxygens (including phenoxy) is 3. The Labute approximate surface area is 224 Å². The Morgan fingerprint density at radius 2 is 1.64 bits per heavy atom. The van der Waals surface area contributed by atoms with Crippen LogP contribution in [0.3, 0.4) is 0 Å². The summed E-state index contributed by atoms with van der Waals surface area (Å²) in [4.78, 5) is 0. The molecule has 0 atom stereocenters. The first kappa shape index (κ1) is 25.4. The fourth-order valence-electron chi connectivity index (χ4n) is 5.34. The summed E-state index contributed by atoms with van der Waals surface area (Å²) in [5.41, 5.74) is 11.7. The molecular weight excluding hydrogens is 507 g/mol. The molecule has 0 radical (unpaired) electrons. The molecule has 1 saturated heterocycles. The third kappa shape index (κ3) is 5.49. The first-order valence-corrected chi connectivity index (χ1v) is 13.3. The van der Waals surface area contributed by atoms with Crippen molar-refractivity contribution < 1.29 is 27.4 Å². The van der Waals surface area contributed by atoms with Gasteiger partial charge in [0, 0.05) is 53.3 Å². The average molecular weight is 538 g/mol. The predicted molar refractivity (Wildman–Crippen MR) is 146 cm³/mol. The highest BCUT2D eigenvalue weighted by molar-refractivity contribution is 6.01. The number of alkyl halides is 3. The minimum atomic E-state index is -4.74. The summed E-state index contributed by atoms with van der Waals surface area (Å²) in [6.45, 7) is 1.44. The Morgan fingerprint density at radius 1 is 0.872 bits per heavy atom. The second kappa shape index (κ2) is 10.4. The summed E-state index contributed by atoms with van der Waals surface area (Å²) >= 11 is 0. The van der Waals surface area contributed by atoms with Crippen molar-refractivity contribution >= 4 is 28.0 Å². The molecule has 1 aliphatic carbocycles. The molecule has 1 aliphatic heterocycles. The second-order valence-electron chi connectivity index (χ2n) is 10.1. The van der Waals surface area contributed by atoms with Crippen LogP contribution in [0.4, 0.5) is 30.2 Å². The summed E-state index contributed by atoms with van der Waals surface area (Å²) < 4.78 is 55.9. The van der Waals surface area contributed by atoms with E-state index in [1.807, 2.05) is 36.4 Å². The monoisotopic (exact) mass is 537 g/mol. The largest absolute Gasteiger partial charge is 0.573 e. The van der Waals surface area contributed by atoms with Gasteiger partial charge in [-0.2, -0.15) is 0 Å². The zero-order chi connectivity index (χ0) is 27.0. The van der Waals surface area contributed by atoms with E-state index in [2.05, 4.69) is 20.7 Å². The third-order valence-electron chi connectivity index (χ3n) is 7.44. The molecule has 1 saturated carbocycles. The molecule has 204 valence electrons. The van der Waals surface area contributed by atoms with Crippen LogP contribution in [0.2, 0.25) is 0 Å². The van der Waals surface area contributed by atoms with Crippen molar-refractivity contribution in [2.24, 2.45) is 0 Å². The number of nitrogens with zero attached hydrogens (tertiary/aromatic N) is 1. The van der Waals surface area contributed by atoms with Gasteiger partial charge >= 0.3 is 6.36 Å². The number of rotatable bonds is 7. The lowest BCUT2D eigenvalue weighted by molar-refractivity contribution is -0.274. The van der Waals surface area contributed by atoms with E-state index >= 15 is 0 Å². The first-order valence-electron chi connectivity index (χ1n) is 13.3. The summed E-state index contributed by atoms with van der Waals surface area (Å²) in [5, 5.41) is 4.14. The smallest absolute Gasteiger partial charge is 0.490 e. The molecule has 0 bridgehead atoms. The quantitative estimate of drug-likeness (QED) is 0.252. The lowest BCUT2D eigenvalue weighted by atomic mass is 9.92. The Hall–Kier alpha value is -3.85. The molecule has 6 nitrogen and oxygen atoms in total. The zero-order valence-corrected chi connectivity index (χ0v) is 21.3. The van der Waals surface area contributed by atoms with Gasteiger partial charge in [0.2, 0.25) is 0 Å². The van der Waals surface area contributed by atoms with E-state index < -0.39 is 6.36 Å². The molecule has 2 aliphatic rings. The number of fused-ring (bicyclic) bond motifs is 1. The van der Waals surface area contributed by atoms with Crippen molar-refractivity contribution in [2.75, 3.05) is 24.3 Å². The molecule has 1 aromatic heterocycles. The van der Waals surface area contributed by atoms with Gasteiger partial charge in [-0.15, -0.1) is 13.2 Å². The van der Waals surface area contributed by atoms with Crippen LogP contribution in [0.5, 0.6) is 11.5 Å². The van der Waals surface area contributed by atoms with Gasteiger partial charge in [0.1, 0.15) is 17.6 Å². The summed E-state index contributed by atoms with van der Waals surface area (Å²) in [7, 11) is 0.